The Bertz CT molecular complexity index is 1020. The summed E-state index contributed by atoms with van der Waals surface area (Å²) in [6.07, 6.45) is 1.32. The van der Waals surface area contributed by atoms with Gasteiger partial charge in [0, 0.05) is 18.8 Å². The van der Waals surface area contributed by atoms with Crippen LogP contribution in [-0.4, -0.2) is 38.8 Å². The third-order valence-electron chi connectivity index (χ3n) is 5.41. The van der Waals surface area contributed by atoms with Gasteiger partial charge in [0.05, 0.1) is 17.9 Å². The highest BCUT2D eigenvalue weighted by molar-refractivity contribution is 7.89. The van der Waals surface area contributed by atoms with E-state index in [0.717, 1.165) is 22.4 Å². The highest BCUT2D eigenvalue weighted by atomic mass is 32.2. The second-order valence-corrected chi connectivity index (χ2v) is 9.58. The minimum atomic E-state index is -3.67. The topological polar surface area (TPSA) is 75.7 Å². The maximum atomic E-state index is 13.1. The number of piperidine rings is 1. The summed E-state index contributed by atoms with van der Waals surface area (Å²) in [6, 6.07) is 10.7. The Morgan fingerprint density at radius 2 is 1.86 bits per heavy atom. The molecule has 0 aromatic heterocycles. The molecule has 0 spiro atoms. The molecule has 0 saturated carbocycles. The van der Waals surface area contributed by atoms with Crippen molar-refractivity contribution < 1.29 is 17.9 Å². The van der Waals surface area contributed by atoms with Gasteiger partial charge in [0.1, 0.15) is 5.75 Å². The van der Waals surface area contributed by atoms with Crippen molar-refractivity contribution in [2.75, 3.05) is 25.5 Å². The van der Waals surface area contributed by atoms with E-state index < -0.39 is 10.0 Å². The first-order chi connectivity index (χ1) is 13.7. The molecule has 1 saturated heterocycles. The van der Waals surface area contributed by atoms with Crippen molar-refractivity contribution in [1.29, 1.82) is 0 Å². The fraction of sp³-hybridized carbons (Fsp3) is 0.409. The van der Waals surface area contributed by atoms with Crippen molar-refractivity contribution in [2.45, 2.75) is 38.5 Å². The van der Waals surface area contributed by atoms with Crippen LogP contribution in [0.5, 0.6) is 5.75 Å². The Labute approximate surface area is 172 Å². The SMILES string of the molecule is COc1ccc(S(=O)(=O)N2CCCC(C(=O)Nc3cc(C)ccc3C)C2)cc1C. The number of rotatable bonds is 5. The van der Waals surface area contributed by atoms with Gasteiger partial charge in [0.2, 0.25) is 15.9 Å². The Morgan fingerprint density at radius 3 is 2.55 bits per heavy atom. The number of benzene rings is 2. The van der Waals surface area contributed by atoms with Crippen LogP contribution >= 0.6 is 0 Å². The van der Waals surface area contributed by atoms with E-state index in [1.54, 1.807) is 25.3 Å². The zero-order valence-corrected chi connectivity index (χ0v) is 18.2. The Balaban J connectivity index is 1.76. The van der Waals surface area contributed by atoms with Crippen molar-refractivity contribution in [2.24, 2.45) is 5.92 Å². The molecule has 1 unspecified atom stereocenters. The number of nitrogens with one attached hydrogen (secondary N) is 1. The summed E-state index contributed by atoms with van der Waals surface area (Å²) < 4.78 is 32.9. The predicted octanol–water partition coefficient (Wildman–Crippen LogP) is 3.66. The number of hydrogen-bond donors (Lipinski definition) is 1. The molecule has 1 fully saturated rings. The molecule has 1 aliphatic rings. The molecule has 29 heavy (non-hydrogen) atoms. The Kier molecular flexibility index (Phi) is 6.29. The van der Waals surface area contributed by atoms with Crippen LogP contribution in [0.1, 0.15) is 29.5 Å². The Hall–Kier alpha value is -2.38. The van der Waals surface area contributed by atoms with Crippen molar-refractivity contribution >= 4 is 21.6 Å². The van der Waals surface area contributed by atoms with E-state index >= 15 is 0 Å². The molecule has 1 N–H and O–H groups in total. The van der Waals surface area contributed by atoms with Gasteiger partial charge >= 0.3 is 0 Å². The van der Waals surface area contributed by atoms with Crippen molar-refractivity contribution in [1.82, 2.24) is 4.31 Å². The maximum Gasteiger partial charge on any atom is 0.243 e. The summed E-state index contributed by atoms with van der Waals surface area (Å²) in [5, 5.41) is 2.98. The molecule has 1 amide bonds. The number of carbonyl (C=O) groups is 1. The molecule has 0 aliphatic carbocycles. The number of sulfonamides is 1. The van der Waals surface area contributed by atoms with Crippen molar-refractivity contribution in [3.05, 3.63) is 53.1 Å². The zero-order valence-electron chi connectivity index (χ0n) is 17.4. The largest absolute Gasteiger partial charge is 0.496 e. The van der Waals surface area contributed by atoms with Gasteiger partial charge in [-0.2, -0.15) is 4.31 Å². The van der Waals surface area contributed by atoms with E-state index in [-0.39, 0.29) is 23.3 Å². The van der Waals surface area contributed by atoms with E-state index in [0.29, 0.717) is 25.1 Å². The molecule has 7 heteroatoms. The quantitative estimate of drug-likeness (QED) is 0.807. The van der Waals surface area contributed by atoms with Gasteiger partial charge in [-0.1, -0.05) is 12.1 Å². The second kappa shape index (κ2) is 8.55. The molecule has 2 aromatic carbocycles. The van der Waals surface area contributed by atoms with E-state index in [1.165, 1.54) is 4.31 Å². The summed E-state index contributed by atoms with van der Waals surface area (Å²) in [5.74, 6) is 0.135. The molecular formula is C22H28N2O4S. The third-order valence-corrected chi connectivity index (χ3v) is 7.27. The van der Waals surface area contributed by atoms with E-state index in [4.69, 9.17) is 4.74 Å². The molecule has 0 radical (unpaired) electrons. The minimum Gasteiger partial charge on any atom is -0.496 e. The summed E-state index contributed by atoms with van der Waals surface area (Å²) in [4.78, 5) is 13.1. The fourth-order valence-corrected chi connectivity index (χ4v) is 5.25. The first kappa shape index (κ1) is 21.3. The second-order valence-electron chi connectivity index (χ2n) is 7.64. The van der Waals surface area contributed by atoms with Gasteiger partial charge in [-0.25, -0.2) is 8.42 Å². The maximum absolute atomic E-state index is 13.1. The van der Waals surface area contributed by atoms with E-state index in [9.17, 15) is 13.2 Å². The first-order valence-corrected chi connectivity index (χ1v) is 11.2. The van der Waals surface area contributed by atoms with Crippen molar-refractivity contribution in [3.8, 4) is 5.75 Å². The van der Waals surface area contributed by atoms with Gasteiger partial charge in [0.15, 0.2) is 0 Å². The van der Waals surface area contributed by atoms with Crippen LogP contribution in [0.3, 0.4) is 0 Å². The molecule has 2 aromatic rings. The average molecular weight is 417 g/mol. The van der Waals surface area contributed by atoms with Crippen LogP contribution in [-0.2, 0) is 14.8 Å². The number of anilines is 1. The Morgan fingerprint density at radius 1 is 1.10 bits per heavy atom. The van der Waals surface area contributed by atoms with E-state index in [1.807, 2.05) is 39.0 Å². The smallest absolute Gasteiger partial charge is 0.243 e. The van der Waals surface area contributed by atoms with Gasteiger partial charge in [-0.3, -0.25) is 4.79 Å². The highest BCUT2D eigenvalue weighted by Crippen LogP contribution is 2.28. The molecule has 3 rings (SSSR count). The zero-order chi connectivity index (χ0) is 21.2. The summed E-state index contributed by atoms with van der Waals surface area (Å²) >= 11 is 0. The lowest BCUT2D eigenvalue weighted by atomic mass is 9.98. The van der Waals surface area contributed by atoms with Crippen LogP contribution in [0.4, 0.5) is 5.69 Å². The number of carbonyl (C=O) groups excluding carboxylic acids is 1. The van der Waals surface area contributed by atoms with E-state index in [2.05, 4.69) is 5.32 Å². The number of methoxy groups -OCH3 is 1. The lowest BCUT2D eigenvalue weighted by molar-refractivity contribution is -0.120. The molecule has 1 atom stereocenters. The number of aryl methyl sites for hydroxylation is 3. The fourth-order valence-electron chi connectivity index (χ4n) is 3.64. The average Bonchev–Trinajstić information content (AvgIpc) is 2.70. The number of hydrogen-bond acceptors (Lipinski definition) is 4. The minimum absolute atomic E-state index is 0.135. The molecular weight excluding hydrogens is 388 g/mol. The number of nitrogens with zero attached hydrogens (tertiary/aromatic N) is 1. The molecule has 1 heterocycles. The summed E-state index contributed by atoms with van der Waals surface area (Å²) in [7, 11) is -2.11. The van der Waals surface area contributed by atoms with Crippen LogP contribution < -0.4 is 10.1 Å². The first-order valence-electron chi connectivity index (χ1n) is 9.75. The van der Waals surface area contributed by atoms with Gasteiger partial charge in [-0.05, 0) is 74.6 Å². The standard InChI is InChI=1S/C22H28N2O4S/c1-15-7-8-16(2)20(12-15)23-22(25)18-6-5-11-24(14-18)29(26,27)19-9-10-21(28-4)17(3)13-19/h7-10,12-13,18H,5-6,11,14H2,1-4H3,(H,23,25). The van der Waals surface area contributed by atoms with Gasteiger partial charge in [0.25, 0.3) is 0 Å². The lowest BCUT2D eigenvalue weighted by Gasteiger charge is -2.31. The van der Waals surface area contributed by atoms with Crippen LogP contribution in [0.2, 0.25) is 0 Å². The molecule has 1 aliphatic heterocycles. The molecule has 0 bridgehead atoms. The van der Waals surface area contributed by atoms with Gasteiger partial charge in [-0.15, -0.1) is 0 Å². The van der Waals surface area contributed by atoms with Crippen LogP contribution in [0.15, 0.2) is 41.3 Å². The van der Waals surface area contributed by atoms with Crippen molar-refractivity contribution in [3.63, 3.8) is 0 Å². The van der Waals surface area contributed by atoms with Gasteiger partial charge < -0.3 is 10.1 Å². The molecule has 6 nitrogen and oxygen atoms in total. The number of amides is 1. The normalized spacial score (nSPS) is 17.7. The lowest BCUT2D eigenvalue weighted by Crippen LogP contribution is -2.43. The molecule has 156 valence electrons. The monoisotopic (exact) mass is 416 g/mol. The van der Waals surface area contributed by atoms with Crippen LogP contribution in [0.25, 0.3) is 0 Å². The summed E-state index contributed by atoms with van der Waals surface area (Å²) in [6.45, 7) is 6.33. The van der Waals surface area contributed by atoms with Crippen LogP contribution in [0, 0.1) is 26.7 Å². The summed E-state index contributed by atoms with van der Waals surface area (Å²) in [5.41, 5.74) is 3.59. The predicted molar refractivity (Wildman–Crippen MR) is 114 cm³/mol. The third kappa shape index (κ3) is 4.62. The number of ether oxygens (including phenoxy) is 1. The highest BCUT2D eigenvalue weighted by Gasteiger charge is 2.33.